The standard InChI is InChI=1S/C21H31N5O2S/c1-14(2)13-26-20(25-8-10-28-11-9-25)23-24-21(26)29-17(5)19(27)22-18-12-15(3)6-7-16(18)4/h6-7,12,14,17H,8-11,13H2,1-5H3,(H,22,27)/t17-/m1/s1. The average Bonchev–Trinajstić information content (AvgIpc) is 3.07. The van der Waals surface area contributed by atoms with Gasteiger partial charge in [-0.05, 0) is 43.9 Å². The molecular weight excluding hydrogens is 386 g/mol. The van der Waals surface area contributed by atoms with Crippen LogP contribution in [0.1, 0.15) is 31.9 Å². The molecule has 0 radical (unpaired) electrons. The summed E-state index contributed by atoms with van der Waals surface area (Å²) in [7, 11) is 0. The molecule has 1 aliphatic heterocycles. The van der Waals surface area contributed by atoms with Crippen LogP contribution >= 0.6 is 11.8 Å². The zero-order chi connectivity index (χ0) is 21.0. The van der Waals surface area contributed by atoms with Gasteiger partial charge in [0.15, 0.2) is 5.16 Å². The van der Waals surface area contributed by atoms with Crippen molar-refractivity contribution in [3.63, 3.8) is 0 Å². The summed E-state index contributed by atoms with van der Waals surface area (Å²) in [5.74, 6) is 1.28. The van der Waals surface area contributed by atoms with E-state index in [4.69, 9.17) is 4.74 Å². The fourth-order valence-electron chi connectivity index (χ4n) is 3.21. The summed E-state index contributed by atoms with van der Waals surface area (Å²) >= 11 is 1.45. The van der Waals surface area contributed by atoms with Gasteiger partial charge in [-0.3, -0.25) is 9.36 Å². The van der Waals surface area contributed by atoms with Crippen LogP contribution in [0.15, 0.2) is 23.4 Å². The van der Waals surface area contributed by atoms with Crippen molar-refractivity contribution in [3.8, 4) is 0 Å². The number of hydrogen-bond donors (Lipinski definition) is 1. The van der Waals surface area contributed by atoms with Crippen molar-refractivity contribution in [1.29, 1.82) is 0 Å². The quantitative estimate of drug-likeness (QED) is 0.695. The predicted molar refractivity (Wildman–Crippen MR) is 118 cm³/mol. The molecule has 1 amide bonds. The van der Waals surface area contributed by atoms with Crippen molar-refractivity contribution < 1.29 is 9.53 Å². The number of aryl methyl sites for hydroxylation is 2. The third-order valence-corrected chi connectivity index (χ3v) is 5.92. The molecule has 1 aromatic heterocycles. The zero-order valence-corrected chi connectivity index (χ0v) is 18.8. The summed E-state index contributed by atoms with van der Waals surface area (Å²) in [4.78, 5) is 15.0. The van der Waals surface area contributed by atoms with Gasteiger partial charge in [0.1, 0.15) is 0 Å². The molecule has 2 aromatic rings. The number of carbonyl (C=O) groups is 1. The largest absolute Gasteiger partial charge is 0.378 e. The van der Waals surface area contributed by atoms with Crippen LogP contribution in [0.2, 0.25) is 0 Å². The van der Waals surface area contributed by atoms with E-state index < -0.39 is 0 Å². The summed E-state index contributed by atoms with van der Waals surface area (Å²) in [6, 6.07) is 6.07. The minimum Gasteiger partial charge on any atom is -0.378 e. The lowest BCUT2D eigenvalue weighted by molar-refractivity contribution is -0.115. The third-order valence-electron chi connectivity index (χ3n) is 4.84. The molecule has 0 spiro atoms. The maximum absolute atomic E-state index is 12.8. The maximum atomic E-state index is 12.8. The minimum atomic E-state index is -0.289. The third kappa shape index (κ3) is 5.51. The molecule has 158 valence electrons. The monoisotopic (exact) mass is 417 g/mol. The first kappa shape index (κ1) is 21.6. The molecule has 1 aromatic carbocycles. The number of hydrogen-bond acceptors (Lipinski definition) is 6. The first-order chi connectivity index (χ1) is 13.8. The van der Waals surface area contributed by atoms with Crippen LogP contribution in [-0.2, 0) is 16.1 Å². The Morgan fingerprint density at radius 3 is 2.62 bits per heavy atom. The molecule has 1 saturated heterocycles. The summed E-state index contributed by atoms with van der Waals surface area (Å²) in [5, 5.41) is 12.4. The highest BCUT2D eigenvalue weighted by Crippen LogP contribution is 2.28. The lowest BCUT2D eigenvalue weighted by atomic mass is 10.1. The number of anilines is 2. The topological polar surface area (TPSA) is 72.3 Å². The molecule has 8 heteroatoms. The normalized spacial score (nSPS) is 15.6. The Hall–Kier alpha value is -2.06. The molecular formula is C21H31N5O2S. The Balaban J connectivity index is 1.74. The molecule has 1 aliphatic rings. The number of rotatable bonds is 7. The second-order valence-corrected chi connectivity index (χ2v) is 9.26. The molecule has 2 heterocycles. The molecule has 0 aliphatic carbocycles. The minimum absolute atomic E-state index is 0.0317. The van der Waals surface area contributed by atoms with E-state index in [0.29, 0.717) is 19.1 Å². The van der Waals surface area contributed by atoms with E-state index >= 15 is 0 Å². The molecule has 3 rings (SSSR count). The number of nitrogens with one attached hydrogen (secondary N) is 1. The SMILES string of the molecule is Cc1ccc(C)c(NC(=O)[C@@H](C)Sc2nnc(N3CCOCC3)n2CC(C)C)c1. The lowest BCUT2D eigenvalue weighted by Crippen LogP contribution is -2.38. The fraction of sp³-hybridized carbons (Fsp3) is 0.571. The first-order valence-electron chi connectivity index (χ1n) is 10.2. The number of thioether (sulfide) groups is 1. The molecule has 29 heavy (non-hydrogen) atoms. The summed E-state index contributed by atoms with van der Waals surface area (Å²) in [6.07, 6.45) is 0. The van der Waals surface area contributed by atoms with Gasteiger partial charge < -0.3 is 15.0 Å². The number of carbonyl (C=O) groups excluding carboxylic acids is 1. The zero-order valence-electron chi connectivity index (χ0n) is 17.9. The maximum Gasteiger partial charge on any atom is 0.237 e. The van der Waals surface area contributed by atoms with Gasteiger partial charge in [-0.2, -0.15) is 0 Å². The second-order valence-electron chi connectivity index (χ2n) is 7.95. The molecule has 1 N–H and O–H groups in total. The number of ether oxygens (including phenoxy) is 1. The van der Waals surface area contributed by atoms with Gasteiger partial charge in [0.05, 0.1) is 18.5 Å². The van der Waals surface area contributed by atoms with Crippen molar-refractivity contribution in [2.24, 2.45) is 5.92 Å². The van der Waals surface area contributed by atoms with Crippen molar-refractivity contribution >= 4 is 29.3 Å². The smallest absolute Gasteiger partial charge is 0.237 e. The molecule has 0 saturated carbocycles. The van der Waals surface area contributed by atoms with E-state index in [1.165, 1.54) is 11.8 Å². The summed E-state index contributed by atoms with van der Waals surface area (Å²) < 4.78 is 7.60. The van der Waals surface area contributed by atoms with Crippen LogP contribution in [0.5, 0.6) is 0 Å². The van der Waals surface area contributed by atoms with E-state index in [1.54, 1.807) is 0 Å². The van der Waals surface area contributed by atoms with Crippen LogP contribution in [0.4, 0.5) is 11.6 Å². The Bertz CT molecular complexity index is 846. The Kier molecular flexibility index (Phi) is 7.18. The Morgan fingerprint density at radius 2 is 1.93 bits per heavy atom. The van der Waals surface area contributed by atoms with Crippen LogP contribution in [0.25, 0.3) is 0 Å². The van der Waals surface area contributed by atoms with Crippen LogP contribution in [0, 0.1) is 19.8 Å². The van der Waals surface area contributed by atoms with Gasteiger partial charge >= 0.3 is 0 Å². The average molecular weight is 418 g/mol. The first-order valence-corrected chi connectivity index (χ1v) is 11.0. The van der Waals surface area contributed by atoms with Gasteiger partial charge in [0.2, 0.25) is 11.9 Å². The number of amides is 1. The summed E-state index contributed by atoms with van der Waals surface area (Å²) in [5.41, 5.74) is 3.04. The Morgan fingerprint density at radius 1 is 1.21 bits per heavy atom. The molecule has 1 fully saturated rings. The van der Waals surface area contributed by atoms with Crippen molar-refractivity contribution in [2.45, 2.75) is 51.6 Å². The molecule has 7 nitrogen and oxygen atoms in total. The van der Waals surface area contributed by atoms with Crippen LogP contribution in [-0.4, -0.2) is 52.2 Å². The van der Waals surface area contributed by atoms with Gasteiger partial charge in [-0.15, -0.1) is 10.2 Å². The summed E-state index contributed by atoms with van der Waals surface area (Å²) in [6.45, 7) is 14.1. The van der Waals surface area contributed by atoms with E-state index in [1.807, 2.05) is 39.0 Å². The predicted octanol–water partition coefficient (Wildman–Crippen LogP) is 3.51. The highest BCUT2D eigenvalue weighted by atomic mass is 32.2. The van der Waals surface area contributed by atoms with E-state index in [0.717, 1.165) is 47.6 Å². The van der Waals surface area contributed by atoms with Crippen molar-refractivity contribution in [3.05, 3.63) is 29.3 Å². The lowest BCUT2D eigenvalue weighted by Gasteiger charge is -2.28. The van der Waals surface area contributed by atoms with Crippen molar-refractivity contribution in [1.82, 2.24) is 14.8 Å². The number of aromatic nitrogens is 3. The van der Waals surface area contributed by atoms with E-state index in [2.05, 4.69) is 38.8 Å². The van der Waals surface area contributed by atoms with Crippen LogP contribution < -0.4 is 10.2 Å². The van der Waals surface area contributed by atoms with Gasteiger partial charge in [-0.25, -0.2) is 0 Å². The second kappa shape index (κ2) is 9.63. The van der Waals surface area contributed by atoms with E-state index in [-0.39, 0.29) is 11.2 Å². The van der Waals surface area contributed by atoms with Gasteiger partial charge in [-0.1, -0.05) is 37.7 Å². The van der Waals surface area contributed by atoms with Crippen LogP contribution in [0.3, 0.4) is 0 Å². The number of benzene rings is 1. The molecule has 0 unspecified atom stereocenters. The number of morpholine rings is 1. The Labute approximate surface area is 177 Å². The number of nitrogens with zero attached hydrogens (tertiary/aromatic N) is 4. The molecule has 0 bridgehead atoms. The highest BCUT2D eigenvalue weighted by Gasteiger charge is 2.24. The van der Waals surface area contributed by atoms with Gasteiger partial charge in [0.25, 0.3) is 0 Å². The highest BCUT2D eigenvalue weighted by molar-refractivity contribution is 8.00. The molecule has 1 atom stereocenters. The van der Waals surface area contributed by atoms with Crippen molar-refractivity contribution in [2.75, 3.05) is 36.5 Å². The fourth-order valence-corrected chi connectivity index (χ4v) is 4.06. The van der Waals surface area contributed by atoms with E-state index in [9.17, 15) is 4.79 Å². The van der Waals surface area contributed by atoms with Gasteiger partial charge in [0, 0.05) is 25.3 Å².